The number of carbonyl (C=O) groups excluding carboxylic acids is 1. The number of likely N-dealkylation sites (N-methyl/N-ethyl adjacent to an activating group) is 1. The van der Waals surface area contributed by atoms with Crippen molar-refractivity contribution in [2.24, 2.45) is 0 Å². The van der Waals surface area contributed by atoms with Crippen LogP contribution in [0.1, 0.15) is 12.5 Å². The number of halogens is 1. The second-order valence-electron chi connectivity index (χ2n) is 4.52. The van der Waals surface area contributed by atoms with Gasteiger partial charge in [0.2, 0.25) is 0 Å². The number of rotatable bonds is 5. The molecule has 2 rings (SSSR count). The van der Waals surface area contributed by atoms with E-state index < -0.39 is 0 Å². The predicted octanol–water partition coefficient (Wildman–Crippen LogP) is 2.37. The fourth-order valence-corrected chi connectivity index (χ4v) is 2.12. The summed E-state index contributed by atoms with van der Waals surface area (Å²) in [6.45, 7) is 3.24. The van der Waals surface area contributed by atoms with Gasteiger partial charge in [-0.25, -0.2) is 4.39 Å². The molecule has 106 valence electrons. The molecule has 5 heteroatoms. The molecule has 0 N–H and O–H groups in total. The molecule has 0 atom stereocenters. The van der Waals surface area contributed by atoms with Gasteiger partial charge in [0.15, 0.2) is 0 Å². The predicted molar refractivity (Wildman–Crippen MR) is 74.7 cm³/mol. The Labute approximate surface area is 117 Å². The molecule has 0 aliphatic carbocycles. The van der Waals surface area contributed by atoms with Gasteiger partial charge in [-0.05, 0) is 30.3 Å². The third-order valence-electron chi connectivity index (χ3n) is 3.17. The van der Waals surface area contributed by atoms with E-state index in [0.29, 0.717) is 13.1 Å². The lowest BCUT2D eigenvalue weighted by Gasteiger charge is -2.19. The molecule has 0 saturated carbocycles. The van der Waals surface area contributed by atoms with Crippen molar-refractivity contribution in [3.63, 3.8) is 0 Å². The van der Waals surface area contributed by atoms with E-state index in [4.69, 9.17) is 0 Å². The summed E-state index contributed by atoms with van der Waals surface area (Å²) in [5, 5.41) is 0.761. The van der Waals surface area contributed by atoms with E-state index in [9.17, 15) is 9.18 Å². The van der Waals surface area contributed by atoms with E-state index in [2.05, 4.69) is 9.72 Å². The number of esters is 1. The van der Waals surface area contributed by atoms with Crippen LogP contribution in [-0.2, 0) is 16.1 Å². The molecule has 1 aromatic carbocycles. The Morgan fingerprint density at radius 3 is 2.95 bits per heavy atom. The molecule has 4 nitrogen and oxygen atoms in total. The second kappa shape index (κ2) is 6.43. The lowest BCUT2D eigenvalue weighted by atomic mass is 10.1. The number of hydrogen-bond acceptors (Lipinski definition) is 4. The number of benzene rings is 1. The SMILES string of the molecule is CCN(CC(=O)OC)Cc1cc(F)cc2cccnc12. The molecule has 0 spiro atoms. The molecule has 1 heterocycles. The fraction of sp³-hybridized carbons (Fsp3) is 0.333. The summed E-state index contributed by atoms with van der Waals surface area (Å²) in [5.74, 6) is -0.602. The van der Waals surface area contributed by atoms with Gasteiger partial charge in [-0.1, -0.05) is 13.0 Å². The van der Waals surface area contributed by atoms with Crippen LogP contribution in [0.2, 0.25) is 0 Å². The van der Waals surface area contributed by atoms with Crippen molar-refractivity contribution in [2.75, 3.05) is 20.2 Å². The Morgan fingerprint density at radius 2 is 2.25 bits per heavy atom. The maximum atomic E-state index is 13.6. The molecule has 1 aromatic heterocycles. The zero-order valence-corrected chi connectivity index (χ0v) is 11.6. The van der Waals surface area contributed by atoms with Crippen molar-refractivity contribution in [3.8, 4) is 0 Å². The van der Waals surface area contributed by atoms with E-state index in [0.717, 1.165) is 16.5 Å². The Morgan fingerprint density at radius 1 is 1.45 bits per heavy atom. The number of methoxy groups -OCH3 is 1. The second-order valence-corrected chi connectivity index (χ2v) is 4.52. The number of pyridine rings is 1. The smallest absolute Gasteiger partial charge is 0.319 e. The normalized spacial score (nSPS) is 11.0. The Balaban J connectivity index is 2.29. The van der Waals surface area contributed by atoms with E-state index in [1.807, 2.05) is 17.9 Å². The van der Waals surface area contributed by atoms with E-state index in [1.54, 1.807) is 12.3 Å². The molecule has 0 saturated heterocycles. The van der Waals surface area contributed by atoms with Crippen molar-refractivity contribution in [2.45, 2.75) is 13.5 Å². The van der Waals surface area contributed by atoms with Crippen LogP contribution >= 0.6 is 0 Å². The van der Waals surface area contributed by atoms with Crippen LogP contribution < -0.4 is 0 Å². The summed E-state index contributed by atoms with van der Waals surface area (Å²) in [4.78, 5) is 17.5. The van der Waals surface area contributed by atoms with Crippen LogP contribution in [0.3, 0.4) is 0 Å². The maximum absolute atomic E-state index is 13.6. The van der Waals surface area contributed by atoms with Gasteiger partial charge in [0, 0.05) is 18.1 Å². The van der Waals surface area contributed by atoms with Gasteiger partial charge >= 0.3 is 5.97 Å². The van der Waals surface area contributed by atoms with Gasteiger partial charge in [-0.3, -0.25) is 14.7 Å². The van der Waals surface area contributed by atoms with Crippen molar-refractivity contribution in [1.82, 2.24) is 9.88 Å². The number of ether oxygens (including phenoxy) is 1. The topological polar surface area (TPSA) is 42.4 Å². The molecule has 0 fully saturated rings. The van der Waals surface area contributed by atoms with Gasteiger partial charge in [0.05, 0.1) is 19.2 Å². The number of carbonyl (C=O) groups is 1. The molecule has 20 heavy (non-hydrogen) atoms. The number of aromatic nitrogens is 1. The van der Waals surface area contributed by atoms with Crippen LogP contribution in [0, 0.1) is 5.82 Å². The largest absolute Gasteiger partial charge is 0.468 e. The molecule has 0 bridgehead atoms. The molecular formula is C15H17FN2O2. The van der Waals surface area contributed by atoms with Gasteiger partial charge < -0.3 is 4.74 Å². The third kappa shape index (κ3) is 3.30. The molecular weight excluding hydrogens is 259 g/mol. The molecule has 0 radical (unpaired) electrons. The van der Waals surface area contributed by atoms with Gasteiger partial charge in [-0.2, -0.15) is 0 Å². The number of fused-ring (bicyclic) bond motifs is 1. The zero-order valence-electron chi connectivity index (χ0n) is 11.6. The lowest BCUT2D eigenvalue weighted by Crippen LogP contribution is -2.30. The van der Waals surface area contributed by atoms with Crippen LogP contribution in [0.5, 0.6) is 0 Å². The number of nitrogens with zero attached hydrogens (tertiary/aromatic N) is 2. The van der Waals surface area contributed by atoms with Crippen LogP contribution in [0.4, 0.5) is 4.39 Å². The molecule has 2 aromatic rings. The fourth-order valence-electron chi connectivity index (χ4n) is 2.12. The Bertz CT molecular complexity index is 616. The third-order valence-corrected chi connectivity index (χ3v) is 3.17. The van der Waals surface area contributed by atoms with Gasteiger partial charge in [-0.15, -0.1) is 0 Å². The molecule has 0 aliphatic heterocycles. The molecule has 0 unspecified atom stereocenters. The first-order valence-corrected chi connectivity index (χ1v) is 6.46. The minimum absolute atomic E-state index is 0.178. The standard InChI is InChI=1S/C15H17FN2O2/c1-3-18(10-14(19)20-2)9-12-8-13(16)7-11-5-4-6-17-15(11)12/h4-8H,3,9-10H2,1-2H3. The highest BCUT2D eigenvalue weighted by Crippen LogP contribution is 2.19. The summed E-state index contributed by atoms with van der Waals surface area (Å²) >= 11 is 0. The van der Waals surface area contributed by atoms with Crippen molar-refractivity contribution < 1.29 is 13.9 Å². The highest BCUT2D eigenvalue weighted by molar-refractivity contribution is 5.81. The van der Waals surface area contributed by atoms with Gasteiger partial charge in [0.1, 0.15) is 5.82 Å². The summed E-state index contributed by atoms with van der Waals surface area (Å²) < 4.78 is 18.3. The summed E-state index contributed by atoms with van der Waals surface area (Å²) in [6, 6.07) is 6.53. The quantitative estimate of drug-likeness (QED) is 0.786. The van der Waals surface area contributed by atoms with Crippen molar-refractivity contribution >= 4 is 16.9 Å². The zero-order chi connectivity index (χ0) is 14.5. The van der Waals surface area contributed by atoms with Crippen LogP contribution in [0.15, 0.2) is 30.5 Å². The van der Waals surface area contributed by atoms with E-state index in [1.165, 1.54) is 19.2 Å². The summed E-state index contributed by atoms with van der Waals surface area (Å²) in [5.41, 5.74) is 1.53. The summed E-state index contributed by atoms with van der Waals surface area (Å²) in [7, 11) is 1.36. The lowest BCUT2D eigenvalue weighted by molar-refractivity contribution is -0.142. The highest BCUT2D eigenvalue weighted by atomic mass is 19.1. The first-order valence-electron chi connectivity index (χ1n) is 6.46. The average Bonchev–Trinajstić information content (AvgIpc) is 2.46. The minimum Gasteiger partial charge on any atom is -0.468 e. The number of hydrogen-bond donors (Lipinski definition) is 0. The first-order chi connectivity index (χ1) is 9.63. The van der Waals surface area contributed by atoms with Crippen LogP contribution in [0.25, 0.3) is 10.9 Å². The van der Waals surface area contributed by atoms with E-state index in [-0.39, 0.29) is 18.3 Å². The molecule has 0 aliphatic rings. The Hall–Kier alpha value is -2.01. The maximum Gasteiger partial charge on any atom is 0.319 e. The summed E-state index contributed by atoms with van der Waals surface area (Å²) in [6.07, 6.45) is 1.68. The van der Waals surface area contributed by atoms with Gasteiger partial charge in [0.25, 0.3) is 0 Å². The van der Waals surface area contributed by atoms with Crippen LogP contribution in [-0.4, -0.2) is 36.1 Å². The highest BCUT2D eigenvalue weighted by Gasteiger charge is 2.13. The minimum atomic E-state index is -0.305. The average molecular weight is 276 g/mol. The van der Waals surface area contributed by atoms with E-state index >= 15 is 0 Å². The first kappa shape index (κ1) is 14.4. The van der Waals surface area contributed by atoms with Crippen molar-refractivity contribution in [3.05, 3.63) is 41.8 Å². The molecule has 0 amide bonds. The monoisotopic (exact) mass is 276 g/mol. The Kier molecular flexibility index (Phi) is 4.63. The van der Waals surface area contributed by atoms with Crippen molar-refractivity contribution in [1.29, 1.82) is 0 Å².